The lowest BCUT2D eigenvalue weighted by atomic mass is 9.88. The SMILES string of the molecule is CC(C)(C)c1ccnc(-n2c3cc(Oc4cccc(N5CN(C(C)(C)C)C(c6ccccc6)=C5c5ccccc5)c4)ccc3c3ccc4oc5ccccc5c4c32)c1. The van der Waals surface area contributed by atoms with Crippen LogP contribution in [0.2, 0.25) is 0 Å². The number of hydrogen-bond donors (Lipinski definition) is 0. The second kappa shape index (κ2) is 13.4. The molecule has 6 aromatic carbocycles. The van der Waals surface area contributed by atoms with E-state index in [0.29, 0.717) is 6.67 Å². The number of pyridine rings is 1. The predicted octanol–water partition coefficient (Wildman–Crippen LogP) is 13.6. The van der Waals surface area contributed by atoms with Gasteiger partial charge in [-0.15, -0.1) is 0 Å². The second-order valence-corrected chi connectivity index (χ2v) is 17.3. The summed E-state index contributed by atoms with van der Waals surface area (Å²) in [6, 6.07) is 53.2. The predicted molar refractivity (Wildman–Crippen MR) is 240 cm³/mol. The summed E-state index contributed by atoms with van der Waals surface area (Å²) in [4.78, 5) is 9.93. The van der Waals surface area contributed by atoms with Crippen LogP contribution in [0.4, 0.5) is 5.69 Å². The quantitative estimate of drug-likeness (QED) is 0.169. The molecule has 9 aromatic rings. The van der Waals surface area contributed by atoms with Crippen LogP contribution in [0, 0.1) is 0 Å². The van der Waals surface area contributed by atoms with Gasteiger partial charge >= 0.3 is 0 Å². The van der Waals surface area contributed by atoms with E-state index in [9.17, 15) is 0 Å². The number of nitrogens with zero attached hydrogens (tertiary/aromatic N) is 4. The molecule has 58 heavy (non-hydrogen) atoms. The van der Waals surface area contributed by atoms with E-state index in [1.54, 1.807) is 0 Å². The molecular weight excluding hydrogens is 713 g/mol. The highest BCUT2D eigenvalue weighted by Gasteiger charge is 2.37. The zero-order chi connectivity index (χ0) is 39.8. The number of rotatable bonds is 6. The van der Waals surface area contributed by atoms with Gasteiger partial charge in [0.2, 0.25) is 0 Å². The van der Waals surface area contributed by atoms with Crippen molar-refractivity contribution in [3.8, 4) is 17.3 Å². The van der Waals surface area contributed by atoms with Crippen molar-refractivity contribution in [1.29, 1.82) is 0 Å². The lowest BCUT2D eigenvalue weighted by molar-refractivity contribution is 0.237. The molecule has 4 heterocycles. The Kier molecular flexibility index (Phi) is 8.24. The van der Waals surface area contributed by atoms with Crippen molar-refractivity contribution in [2.75, 3.05) is 11.6 Å². The first-order valence-corrected chi connectivity index (χ1v) is 20.1. The Bertz CT molecular complexity index is 3030. The first-order valence-electron chi connectivity index (χ1n) is 20.1. The van der Waals surface area contributed by atoms with E-state index < -0.39 is 0 Å². The lowest BCUT2D eigenvalue weighted by Gasteiger charge is -2.36. The third-order valence-corrected chi connectivity index (χ3v) is 11.4. The van der Waals surface area contributed by atoms with Gasteiger partial charge in [0.05, 0.1) is 34.5 Å². The summed E-state index contributed by atoms with van der Waals surface area (Å²) in [5.74, 6) is 2.37. The molecule has 0 fully saturated rings. The number of benzene rings is 6. The van der Waals surface area contributed by atoms with Gasteiger partial charge in [-0.2, -0.15) is 0 Å². The standard InChI is InChI=1S/C52H46N4O2/c1-51(2,3)36-28-29-53-46(30-36)56-43-32-39(24-25-40(43)41-26-27-45-47(50(41)56)42-22-13-14-23-44(42)58-45)57-38-21-15-20-37(31-38)54-33-55(52(4,5)6)49(35-18-11-8-12-19-35)48(54)34-16-9-7-10-17-34/h7-32H,33H2,1-6H3. The number of aromatic nitrogens is 2. The Morgan fingerprint density at radius 2 is 1.28 bits per heavy atom. The van der Waals surface area contributed by atoms with E-state index in [0.717, 1.165) is 66.7 Å². The largest absolute Gasteiger partial charge is 0.457 e. The van der Waals surface area contributed by atoms with E-state index in [4.69, 9.17) is 14.1 Å². The van der Waals surface area contributed by atoms with Crippen LogP contribution in [0.5, 0.6) is 11.5 Å². The smallest absolute Gasteiger partial charge is 0.137 e. The molecular formula is C52H46N4O2. The molecule has 1 aliphatic heterocycles. The highest BCUT2D eigenvalue weighted by molar-refractivity contribution is 6.24. The maximum Gasteiger partial charge on any atom is 0.137 e. The van der Waals surface area contributed by atoms with Crippen LogP contribution in [0.15, 0.2) is 162 Å². The number of para-hydroxylation sites is 1. The molecule has 0 aliphatic carbocycles. The molecule has 10 rings (SSSR count). The summed E-state index contributed by atoms with van der Waals surface area (Å²) in [5.41, 5.74) is 10.7. The van der Waals surface area contributed by atoms with E-state index >= 15 is 0 Å². The van der Waals surface area contributed by atoms with Gasteiger partial charge in [0.25, 0.3) is 0 Å². The highest BCUT2D eigenvalue weighted by atomic mass is 16.5. The minimum Gasteiger partial charge on any atom is -0.457 e. The lowest BCUT2D eigenvalue weighted by Crippen LogP contribution is -2.41. The van der Waals surface area contributed by atoms with Crippen molar-refractivity contribution >= 4 is 60.8 Å². The average Bonchev–Trinajstić information content (AvgIpc) is 3.91. The summed E-state index contributed by atoms with van der Waals surface area (Å²) in [6.45, 7) is 14.3. The third-order valence-electron chi connectivity index (χ3n) is 11.4. The van der Waals surface area contributed by atoms with Gasteiger partial charge in [-0.1, -0.05) is 106 Å². The van der Waals surface area contributed by atoms with Gasteiger partial charge in [0.15, 0.2) is 0 Å². The number of hydrogen-bond acceptors (Lipinski definition) is 5. The monoisotopic (exact) mass is 758 g/mol. The third kappa shape index (κ3) is 5.99. The van der Waals surface area contributed by atoms with Gasteiger partial charge in [-0.3, -0.25) is 4.57 Å². The fraction of sp³-hybridized carbons (Fsp3) is 0.173. The fourth-order valence-electron chi connectivity index (χ4n) is 8.53. The molecule has 3 aromatic heterocycles. The van der Waals surface area contributed by atoms with Crippen LogP contribution < -0.4 is 9.64 Å². The molecule has 0 bridgehead atoms. The summed E-state index contributed by atoms with van der Waals surface area (Å²) in [6.07, 6.45) is 1.92. The van der Waals surface area contributed by atoms with Gasteiger partial charge in [0, 0.05) is 56.8 Å². The van der Waals surface area contributed by atoms with Crippen LogP contribution >= 0.6 is 0 Å². The number of anilines is 1. The summed E-state index contributed by atoms with van der Waals surface area (Å²) in [7, 11) is 0. The zero-order valence-electron chi connectivity index (χ0n) is 33.8. The molecule has 0 spiro atoms. The number of furan rings is 1. The molecule has 6 heteroatoms. The summed E-state index contributed by atoms with van der Waals surface area (Å²) >= 11 is 0. The molecule has 0 amide bonds. The highest BCUT2D eigenvalue weighted by Crippen LogP contribution is 2.46. The van der Waals surface area contributed by atoms with Gasteiger partial charge in [0.1, 0.15) is 28.5 Å². The van der Waals surface area contributed by atoms with Crippen LogP contribution in [0.3, 0.4) is 0 Å². The Labute approximate surface area is 339 Å². The van der Waals surface area contributed by atoms with Gasteiger partial charge in [-0.05, 0) is 86.3 Å². The van der Waals surface area contributed by atoms with E-state index in [1.165, 1.54) is 28.1 Å². The molecule has 286 valence electrons. The minimum absolute atomic E-state index is 0.0515. The van der Waals surface area contributed by atoms with Crippen molar-refractivity contribution in [2.45, 2.75) is 52.5 Å². The maximum absolute atomic E-state index is 6.83. The van der Waals surface area contributed by atoms with E-state index in [-0.39, 0.29) is 11.0 Å². The molecule has 0 N–H and O–H groups in total. The molecule has 0 saturated heterocycles. The summed E-state index contributed by atoms with van der Waals surface area (Å²) < 4.78 is 15.5. The van der Waals surface area contributed by atoms with Crippen LogP contribution in [-0.4, -0.2) is 26.7 Å². The van der Waals surface area contributed by atoms with Crippen molar-refractivity contribution in [3.05, 3.63) is 175 Å². The van der Waals surface area contributed by atoms with Gasteiger partial charge < -0.3 is 19.0 Å². The molecule has 6 nitrogen and oxygen atoms in total. The molecule has 1 aliphatic rings. The maximum atomic E-state index is 6.83. The van der Waals surface area contributed by atoms with E-state index in [1.807, 2.05) is 24.4 Å². The second-order valence-electron chi connectivity index (χ2n) is 17.3. The Hall–Kier alpha value is -6.79. The van der Waals surface area contributed by atoms with E-state index in [2.05, 4.69) is 189 Å². The number of ether oxygens (including phenoxy) is 1. The van der Waals surface area contributed by atoms with Crippen molar-refractivity contribution in [3.63, 3.8) is 0 Å². The van der Waals surface area contributed by atoms with Gasteiger partial charge in [-0.25, -0.2) is 4.98 Å². The topological polar surface area (TPSA) is 46.7 Å². The van der Waals surface area contributed by atoms with Crippen LogP contribution in [0.1, 0.15) is 58.2 Å². The first kappa shape index (κ1) is 35.6. The van der Waals surface area contributed by atoms with Crippen molar-refractivity contribution < 1.29 is 9.15 Å². The zero-order valence-corrected chi connectivity index (χ0v) is 33.8. The Balaban J connectivity index is 1.12. The number of fused-ring (bicyclic) bond motifs is 7. The molecule has 0 unspecified atom stereocenters. The molecule has 0 saturated carbocycles. The Morgan fingerprint density at radius 3 is 2.02 bits per heavy atom. The minimum atomic E-state index is -0.127. The summed E-state index contributed by atoms with van der Waals surface area (Å²) in [5, 5.41) is 4.42. The Morgan fingerprint density at radius 1 is 0.586 bits per heavy atom. The molecule has 0 atom stereocenters. The van der Waals surface area contributed by atoms with Crippen molar-refractivity contribution in [1.82, 2.24) is 14.5 Å². The fourth-order valence-corrected chi connectivity index (χ4v) is 8.53. The average molecular weight is 759 g/mol. The first-order chi connectivity index (χ1) is 28.0. The molecule has 0 radical (unpaired) electrons. The van der Waals surface area contributed by atoms with Crippen LogP contribution in [-0.2, 0) is 5.41 Å². The normalized spacial score (nSPS) is 13.8. The van der Waals surface area contributed by atoms with Crippen molar-refractivity contribution in [2.24, 2.45) is 0 Å². The van der Waals surface area contributed by atoms with Crippen LogP contribution in [0.25, 0.3) is 61.0 Å².